The molecule has 0 bridgehead atoms. The zero-order valence-corrected chi connectivity index (χ0v) is 14.0. The summed E-state index contributed by atoms with van der Waals surface area (Å²) in [5.41, 5.74) is 0. The first kappa shape index (κ1) is 16.6. The van der Waals surface area contributed by atoms with Crippen molar-refractivity contribution in [2.45, 2.75) is 6.42 Å². The highest BCUT2D eigenvalue weighted by Gasteiger charge is 2.07. The molecule has 1 aromatic heterocycles. The van der Waals surface area contributed by atoms with Crippen LogP contribution in [-0.2, 0) is 6.42 Å². The Morgan fingerprint density at radius 1 is 1.36 bits per heavy atom. The number of nitrogens with one attached hydrogen (secondary N) is 1. The summed E-state index contributed by atoms with van der Waals surface area (Å²) in [5, 5.41) is 5.57. The summed E-state index contributed by atoms with van der Waals surface area (Å²) >= 11 is 7.58. The Hall–Kier alpha value is -1.72. The van der Waals surface area contributed by atoms with Gasteiger partial charge in [0.2, 0.25) is 0 Å². The summed E-state index contributed by atoms with van der Waals surface area (Å²) in [6.07, 6.45) is 0.857. The number of likely N-dealkylation sites (N-methyl/N-ethyl adjacent to an activating group) is 1. The Morgan fingerprint density at radius 2 is 2.23 bits per heavy atom. The number of carbonyl (C=O) groups excluding carboxylic acids is 1. The molecule has 0 radical (unpaired) electrons. The summed E-state index contributed by atoms with van der Waals surface area (Å²) in [4.78, 5) is 14.8. The molecule has 0 saturated heterocycles. The van der Waals surface area contributed by atoms with E-state index >= 15 is 0 Å². The number of urea groups is 1. The van der Waals surface area contributed by atoms with Gasteiger partial charge in [-0.25, -0.2) is 4.79 Å². The fourth-order valence-electron chi connectivity index (χ4n) is 1.84. The first-order chi connectivity index (χ1) is 10.6. The molecule has 0 aliphatic rings. The Kier molecular flexibility index (Phi) is 6.55. The predicted octanol–water partition coefficient (Wildman–Crippen LogP) is 3.66. The normalized spacial score (nSPS) is 10.3. The van der Waals surface area contributed by atoms with Crippen LogP contribution in [0.3, 0.4) is 0 Å². The summed E-state index contributed by atoms with van der Waals surface area (Å²) in [7, 11) is 1.75. The molecule has 0 aliphatic heterocycles. The van der Waals surface area contributed by atoms with Crippen molar-refractivity contribution < 1.29 is 9.53 Å². The van der Waals surface area contributed by atoms with Gasteiger partial charge in [0, 0.05) is 23.5 Å². The van der Waals surface area contributed by atoms with Gasteiger partial charge in [-0.2, -0.15) is 0 Å². The zero-order chi connectivity index (χ0) is 15.8. The van der Waals surface area contributed by atoms with Crippen LogP contribution in [-0.4, -0.2) is 37.7 Å². The van der Waals surface area contributed by atoms with Crippen LogP contribution in [0.4, 0.5) is 4.79 Å². The van der Waals surface area contributed by atoms with E-state index in [1.54, 1.807) is 35.4 Å². The van der Waals surface area contributed by atoms with Crippen molar-refractivity contribution in [1.29, 1.82) is 0 Å². The maximum absolute atomic E-state index is 11.9. The summed E-state index contributed by atoms with van der Waals surface area (Å²) in [5.74, 6) is 0.707. The molecule has 0 saturated carbocycles. The number of benzene rings is 1. The van der Waals surface area contributed by atoms with E-state index in [4.69, 9.17) is 16.3 Å². The van der Waals surface area contributed by atoms with E-state index in [9.17, 15) is 4.79 Å². The van der Waals surface area contributed by atoms with Gasteiger partial charge in [0.05, 0.1) is 6.54 Å². The van der Waals surface area contributed by atoms with E-state index in [1.165, 1.54) is 4.88 Å². The van der Waals surface area contributed by atoms with Crippen LogP contribution in [0.25, 0.3) is 0 Å². The van der Waals surface area contributed by atoms with Gasteiger partial charge >= 0.3 is 6.03 Å². The van der Waals surface area contributed by atoms with Crippen LogP contribution >= 0.6 is 22.9 Å². The number of nitrogens with zero attached hydrogens (tertiary/aromatic N) is 1. The highest BCUT2D eigenvalue weighted by Crippen LogP contribution is 2.16. The average molecular weight is 339 g/mol. The first-order valence-electron chi connectivity index (χ1n) is 7.05. The minimum Gasteiger partial charge on any atom is -0.492 e. The van der Waals surface area contributed by atoms with Crippen molar-refractivity contribution in [3.8, 4) is 5.75 Å². The lowest BCUT2D eigenvalue weighted by molar-refractivity contribution is 0.195. The van der Waals surface area contributed by atoms with Crippen LogP contribution in [0.5, 0.6) is 5.75 Å². The summed E-state index contributed by atoms with van der Waals surface area (Å²) in [6, 6.07) is 11.2. The summed E-state index contributed by atoms with van der Waals surface area (Å²) < 4.78 is 5.57. The van der Waals surface area contributed by atoms with Crippen molar-refractivity contribution in [3.63, 3.8) is 0 Å². The molecule has 2 amide bonds. The minimum atomic E-state index is -0.0914. The summed E-state index contributed by atoms with van der Waals surface area (Å²) in [6.45, 7) is 1.57. The molecule has 0 fully saturated rings. The maximum atomic E-state index is 11.9. The predicted molar refractivity (Wildman–Crippen MR) is 91.0 cm³/mol. The molecule has 0 unspecified atom stereocenters. The molecule has 118 valence electrons. The molecule has 22 heavy (non-hydrogen) atoms. The van der Waals surface area contributed by atoms with Crippen molar-refractivity contribution in [2.24, 2.45) is 0 Å². The first-order valence-corrected chi connectivity index (χ1v) is 8.30. The highest BCUT2D eigenvalue weighted by molar-refractivity contribution is 7.09. The third-order valence-electron chi connectivity index (χ3n) is 3.07. The molecule has 0 aliphatic carbocycles. The molecular weight excluding hydrogens is 320 g/mol. The number of ether oxygens (including phenoxy) is 1. The van der Waals surface area contributed by atoms with Crippen molar-refractivity contribution in [3.05, 3.63) is 51.7 Å². The van der Waals surface area contributed by atoms with Gasteiger partial charge in [0.1, 0.15) is 12.4 Å². The van der Waals surface area contributed by atoms with E-state index in [2.05, 4.69) is 11.4 Å². The lowest BCUT2D eigenvalue weighted by Gasteiger charge is -2.18. The van der Waals surface area contributed by atoms with E-state index in [0.29, 0.717) is 30.5 Å². The van der Waals surface area contributed by atoms with Gasteiger partial charge in [-0.3, -0.25) is 0 Å². The fraction of sp³-hybridized carbons (Fsp3) is 0.312. The van der Waals surface area contributed by atoms with Crippen molar-refractivity contribution >= 4 is 29.0 Å². The molecule has 1 aromatic carbocycles. The second-order valence-electron chi connectivity index (χ2n) is 4.79. The van der Waals surface area contributed by atoms with Crippen LogP contribution in [0.2, 0.25) is 5.02 Å². The molecule has 1 heterocycles. The number of halogens is 1. The standard InChI is InChI=1S/C16H19ClN2O2S/c1-19(9-10-21-14-5-2-4-13(17)12-14)16(20)18-8-7-15-6-3-11-22-15/h2-6,11-12H,7-10H2,1H3,(H,18,20). The number of hydrogen-bond acceptors (Lipinski definition) is 3. The van der Waals surface area contributed by atoms with Crippen LogP contribution in [0.15, 0.2) is 41.8 Å². The van der Waals surface area contributed by atoms with E-state index in [-0.39, 0.29) is 6.03 Å². The second-order valence-corrected chi connectivity index (χ2v) is 6.26. The third kappa shape index (κ3) is 5.58. The van der Waals surface area contributed by atoms with Crippen molar-refractivity contribution in [2.75, 3.05) is 26.7 Å². The van der Waals surface area contributed by atoms with Crippen LogP contribution in [0.1, 0.15) is 4.88 Å². The number of thiophene rings is 1. The maximum Gasteiger partial charge on any atom is 0.317 e. The molecule has 0 spiro atoms. The molecule has 4 nitrogen and oxygen atoms in total. The number of carbonyl (C=O) groups is 1. The van der Waals surface area contributed by atoms with Gasteiger partial charge in [-0.15, -0.1) is 11.3 Å². The Bertz CT molecular complexity index is 590. The van der Waals surface area contributed by atoms with Gasteiger partial charge in [0.15, 0.2) is 0 Å². The second kappa shape index (κ2) is 8.66. The smallest absolute Gasteiger partial charge is 0.317 e. The van der Waals surface area contributed by atoms with Crippen LogP contribution < -0.4 is 10.1 Å². The lowest BCUT2D eigenvalue weighted by atomic mass is 10.3. The third-order valence-corrected chi connectivity index (χ3v) is 4.24. The van der Waals surface area contributed by atoms with E-state index in [1.807, 2.05) is 23.6 Å². The van der Waals surface area contributed by atoms with Gasteiger partial charge in [-0.05, 0) is 36.1 Å². The van der Waals surface area contributed by atoms with E-state index in [0.717, 1.165) is 6.42 Å². The molecule has 0 atom stereocenters. The minimum absolute atomic E-state index is 0.0914. The van der Waals surface area contributed by atoms with Crippen molar-refractivity contribution in [1.82, 2.24) is 10.2 Å². The number of amides is 2. The molecular formula is C16H19ClN2O2S. The zero-order valence-electron chi connectivity index (χ0n) is 12.4. The van der Waals surface area contributed by atoms with E-state index < -0.39 is 0 Å². The molecule has 1 N–H and O–H groups in total. The Labute approximate surface area is 139 Å². The molecule has 2 rings (SSSR count). The fourth-order valence-corrected chi connectivity index (χ4v) is 2.73. The average Bonchev–Trinajstić information content (AvgIpc) is 3.00. The lowest BCUT2D eigenvalue weighted by Crippen LogP contribution is -2.40. The number of rotatable bonds is 7. The largest absolute Gasteiger partial charge is 0.492 e. The van der Waals surface area contributed by atoms with Gasteiger partial charge < -0.3 is 15.0 Å². The Balaban J connectivity index is 1.63. The van der Waals surface area contributed by atoms with Gasteiger partial charge in [0.25, 0.3) is 0 Å². The SMILES string of the molecule is CN(CCOc1cccc(Cl)c1)C(=O)NCCc1cccs1. The molecule has 6 heteroatoms. The highest BCUT2D eigenvalue weighted by atomic mass is 35.5. The monoisotopic (exact) mass is 338 g/mol. The molecule has 2 aromatic rings. The van der Waals surface area contributed by atoms with Gasteiger partial charge in [-0.1, -0.05) is 23.7 Å². The van der Waals surface area contributed by atoms with Crippen LogP contribution in [0, 0.1) is 0 Å². The Morgan fingerprint density at radius 3 is 2.95 bits per heavy atom. The topological polar surface area (TPSA) is 41.6 Å². The quantitative estimate of drug-likeness (QED) is 0.837. The number of hydrogen-bond donors (Lipinski definition) is 1.